The van der Waals surface area contributed by atoms with Crippen molar-refractivity contribution in [2.24, 2.45) is 0 Å². The van der Waals surface area contributed by atoms with Crippen LogP contribution in [0.25, 0.3) is 11.3 Å². The maximum absolute atomic E-state index is 12.0. The fraction of sp³-hybridized carbons (Fsp3) is 0.267. The summed E-state index contributed by atoms with van der Waals surface area (Å²) in [6.45, 7) is 2.56. The normalized spacial score (nSPS) is 10.3. The molecule has 0 aliphatic rings. The van der Waals surface area contributed by atoms with Gasteiger partial charge in [-0.1, -0.05) is 13.3 Å². The lowest BCUT2D eigenvalue weighted by Gasteiger charge is -2.05. The summed E-state index contributed by atoms with van der Waals surface area (Å²) < 4.78 is 0. The average Bonchev–Trinajstić information content (AvgIpc) is 2.49. The Balaban J connectivity index is 2.26. The summed E-state index contributed by atoms with van der Waals surface area (Å²) >= 11 is 0. The number of hydrogen-bond acceptors (Lipinski definition) is 4. The second-order valence-electron chi connectivity index (χ2n) is 4.65. The van der Waals surface area contributed by atoms with E-state index in [1.165, 1.54) is 18.2 Å². The van der Waals surface area contributed by atoms with E-state index in [0.29, 0.717) is 17.8 Å². The van der Waals surface area contributed by atoms with Crippen molar-refractivity contribution in [3.8, 4) is 17.0 Å². The van der Waals surface area contributed by atoms with Gasteiger partial charge in [-0.25, -0.2) is 5.10 Å². The highest BCUT2D eigenvalue weighted by Crippen LogP contribution is 2.19. The molecule has 2 aromatic rings. The number of nitrogens with zero attached hydrogens (tertiary/aromatic N) is 1. The topological polar surface area (TPSA) is 95.1 Å². The molecule has 1 aromatic carbocycles. The van der Waals surface area contributed by atoms with E-state index >= 15 is 0 Å². The van der Waals surface area contributed by atoms with Crippen LogP contribution >= 0.6 is 0 Å². The van der Waals surface area contributed by atoms with Gasteiger partial charge < -0.3 is 10.4 Å². The standard InChI is InChI=1S/C15H17N3O3/c1-2-3-8-16-14(20)12-9-13(17-18-15(12)21)10-4-6-11(19)7-5-10/h4-7,9,19H,2-3,8H2,1H3,(H,16,20)(H,18,21). The van der Waals surface area contributed by atoms with Crippen LogP contribution in [-0.4, -0.2) is 27.8 Å². The number of carbonyl (C=O) groups excluding carboxylic acids is 1. The summed E-state index contributed by atoms with van der Waals surface area (Å²) in [5, 5.41) is 18.2. The summed E-state index contributed by atoms with van der Waals surface area (Å²) in [4.78, 5) is 23.7. The number of aromatic hydroxyl groups is 1. The molecule has 21 heavy (non-hydrogen) atoms. The Morgan fingerprint density at radius 3 is 2.71 bits per heavy atom. The number of hydrogen-bond donors (Lipinski definition) is 3. The molecule has 6 nitrogen and oxygen atoms in total. The van der Waals surface area contributed by atoms with Gasteiger partial charge in [0.15, 0.2) is 0 Å². The molecule has 2 rings (SSSR count). The molecule has 0 saturated carbocycles. The van der Waals surface area contributed by atoms with Crippen LogP contribution in [0.15, 0.2) is 35.1 Å². The first kappa shape index (κ1) is 14.8. The summed E-state index contributed by atoms with van der Waals surface area (Å²) in [7, 11) is 0. The first-order chi connectivity index (χ1) is 10.1. The summed E-state index contributed by atoms with van der Waals surface area (Å²) in [5.41, 5.74) is 0.678. The number of amides is 1. The molecular formula is C15H17N3O3. The van der Waals surface area contributed by atoms with Crippen LogP contribution in [0.4, 0.5) is 0 Å². The Morgan fingerprint density at radius 1 is 1.33 bits per heavy atom. The lowest BCUT2D eigenvalue weighted by Crippen LogP contribution is -2.30. The van der Waals surface area contributed by atoms with E-state index in [4.69, 9.17) is 0 Å². The molecule has 6 heteroatoms. The van der Waals surface area contributed by atoms with E-state index in [0.717, 1.165) is 12.8 Å². The third-order valence-corrected chi connectivity index (χ3v) is 3.03. The largest absolute Gasteiger partial charge is 0.508 e. The van der Waals surface area contributed by atoms with Gasteiger partial charge in [0.2, 0.25) is 0 Å². The predicted octanol–water partition coefficient (Wildman–Crippen LogP) is 1.67. The third-order valence-electron chi connectivity index (χ3n) is 3.03. The smallest absolute Gasteiger partial charge is 0.277 e. The molecule has 0 unspecified atom stereocenters. The molecule has 0 saturated heterocycles. The summed E-state index contributed by atoms with van der Waals surface area (Å²) in [6.07, 6.45) is 1.82. The van der Waals surface area contributed by atoms with E-state index in [9.17, 15) is 14.7 Å². The fourth-order valence-electron chi connectivity index (χ4n) is 1.83. The number of phenolic OH excluding ortho intramolecular Hbond substituents is 1. The minimum atomic E-state index is -0.522. The SMILES string of the molecule is CCCCNC(=O)c1cc(-c2ccc(O)cc2)n[nH]c1=O. The molecule has 0 aliphatic heterocycles. The zero-order chi connectivity index (χ0) is 15.2. The second-order valence-corrected chi connectivity index (χ2v) is 4.65. The molecule has 0 bridgehead atoms. The predicted molar refractivity (Wildman–Crippen MR) is 79.2 cm³/mol. The maximum Gasteiger partial charge on any atom is 0.277 e. The first-order valence-corrected chi connectivity index (χ1v) is 6.79. The van der Waals surface area contributed by atoms with E-state index < -0.39 is 11.5 Å². The minimum Gasteiger partial charge on any atom is -0.508 e. The van der Waals surface area contributed by atoms with Gasteiger partial charge in [0.25, 0.3) is 11.5 Å². The summed E-state index contributed by atoms with van der Waals surface area (Å²) in [6, 6.07) is 7.81. The Labute approximate surface area is 121 Å². The van der Waals surface area contributed by atoms with Crippen molar-refractivity contribution in [2.45, 2.75) is 19.8 Å². The lowest BCUT2D eigenvalue weighted by atomic mass is 10.1. The van der Waals surface area contributed by atoms with Gasteiger partial charge in [-0.2, -0.15) is 5.10 Å². The molecule has 110 valence electrons. The van der Waals surface area contributed by atoms with Crippen molar-refractivity contribution in [3.05, 3.63) is 46.2 Å². The molecule has 0 fully saturated rings. The van der Waals surface area contributed by atoms with Gasteiger partial charge in [0, 0.05) is 12.1 Å². The number of H-pyrrole nitrogens is 1. The van der Waals surface area contributed by atoms with Crippen LogP contribution in [-0.2, 0) is 0 Å². The van der Waals surface area contributed by atoms with Gasteiger partial charge in [-0.05, 0) is 36.8 Å². The molecule has 1 amide bonds. The number of aromatic nitrogens is 2. The Hall–Kier alpha value is -2.63. The Kier molecular flexibility index (Phi) is 4.71. The number of rotatable bonds is 5. The van der Waals surface area contributed by atoms with Crippen LogP contribution in [0, 0.1) is 0 Å². The number of unbranched alkanes of at least 4 members (excludes halogenated alkanes) is 1. The maximum atomic E-state index is 12.0. The van der Waals surface area contributed by atoms with Crippen molar-refractivity contribution in [1.82, 2.24) is 15.5 Å². The highest BCUT2D eigenvalue weighted by molar-refractivity contribution is 5.94. The van der Waals surface area contributed by atoms with E-state index in [-0.39, 0.29) is 11.3 Å². The van der Waals surface area contributed by atoms with Crippen LogP contribution in [0.2, 0.25) is 0 Å². The van der Waals surface area contributed by atoms with Gasteiger partial charge in [0.05, 0.1) is 5.69 Å². The average molecular weight is 287 g/mol. The zero-order valence-corrected chi connectivity index (χ0v) is 11.7. The Morgan fingerprint density at radius 2 is 2.05 bits per heavy atom. The van der Waals surface area contributed by atoms with Gasteiger partial charge >= 0.3 is 0 Å². The summed E-state index contributed by atoms with van der Waals surface area (Å²) in [5.74, 6) is -0.271. The van der Waals surface area contributed by atoms with Crippen molar-refractivity contribution >= 4 is 5.91 Å². The van der Waals surface area contributed by atoms with E-state index in [1.54, 1.807) is 12.1 Å². The van der Waals surface area contributed by atoms with Crippen molar-refractivity contribution in [1.29, 1.82) is 0 Å². The third kappa shape index (κ3) is 3.68. The molecule has 0 aliphatic carbocycles. The highest BCUT2D eigenvalue weighted by Gasteiger charge is 2.12. The molecule has 0 radical (unpaired) electrons. The minimum absolute atomic E-state index is 0.0316. The number of phenols is 1. The molecule has 0 spiro atoms. The van der Waals surface area contributed by atoms with Crippen molar-refractivity contribution in [2.75, 3.05) is 6.54 Å². The van der Waals surface area contributed by atoms with E-state index in [1.807, 2.05) is 6.92 Å². The van der Waals surface area contributed by atoms with Crippen LogP contribution < -0.4 is 10.9 Å². The van der Waals surface area contributed by atoms with Crippen molar-refractivity contribution < 1.29 is 9.90 Å². The molecule has 3 N–H and O–H groups in total. The highest BCUT2D eigenvalue weighted by atomic mass is 16.3. The molecule has 1 heterocycles. The van der Waals surface area contributed by atoms with Crippen molar-refractivity contribution in [3.63, 3.8) is 0 Å². The second kappa shape index (κ2) is 6.69. The van der Waals surface area contributed by atoms with Crippen LogP contribution in [0.5, 0.6) is 5.75 Å². The van der Waals surface area contributed by atoms with Gasteiger partial charge in [0.1, 0.15) is 11.3 Å². The number of nitrogens with one attached hydrogen (secondary N) is 2. The quantitative estimate of drug-likeness (QED) is 0.729. The fourth-order valence-corrected chi connectivity index (χ4v) is 1.83. The Bertz CT molecular complexity index is 677. The number of benzene rings is 1. The zero-order valence-electron chi connectivity index (χ0n) is 11.7. The molecule has 1 aromatic heterocycles. The molecular weight excluding hydrogens is 270 g/mol. The van der Waals surface area contributed by atoms with Gasteiger partial charge in [-0.15, -0.1) is 0 Å². The molecule has 0 atom stereocenters. The van der Waals surface area contributed by atoms with Crippen LogP contribution in [0.1, 0.15) is 30.1 Å². The number of carbonyl (C=O) groups is 1. The first-order valence-electron chi connectivity index (χ1n) is 6.79. The number of aromatic amines is 1. The van der Waals surface area contributed by atoms with E-state index in [2.05, 4.69) is 15.5 Å². The van der Waals surface area contributed by atoms with Crippen LogP contribution in [0.3, 0.4) is 0 Å². The van der Waals surface area contributed by atoms with Gasteiger partial charge in [-0.3, -0.25) is 9.59 Å². The monoisotopic (exact) mass is 287 g/mol. The lowest BCUT2D eigenvalue weighted by molar-refractivity contribution is 0.0951.